The van der Waals surface area contributed by atoms with Crippen molar-refractivity contribution in [2.75, 3.05) is 26.7 Å². The minimum atomic E-state index is 0.447. The van der Waals surface area contributed by atoms with Gasteiger partial charge < -0.3 is 10.5 Å². The zero-order valence-corrected chi connectivity index (χ0v) is 13.8. The minimum absolute atomic E-state index is 0.447. The van der Waals surface area contributed by atoms with Crippen molar-refractivity contribution in [1.29, 1.82) is 0 Å². The van der Waals surface area contributed by atoms with Crippen molar-refractivity contribution >= 4 is 0 Å². The number of likely N-dealkylation sites (N-methyl/N-ethyl adjacent to an activating group) is 1. The highest BCUT2D eigenvalue weighted by Crippen LogP contribution is 2.16. The number of nitrogens with two attached hydrogens (primary N) is 1. The molecule has 20 heavy (non-hydrogen) atoms. The van der Waals surface area contributed by atoms with Crippen LogP contribution in [0.1, 0.15) is 71.1 Å². The molecule has 2 N–H and O–H groups in total. The standard InChI is InChI=1S/C17H36N2O/c1-3-4-5-6-7-8-9-11-16(14-18)19(2)15-17-12-10-13-20-17/h16-17H,3-15,18H2,1-2H3. The van der Waals surface area contributed by atoms with Crippen molar-refractivity contribution < 1.29 is 4.74 Å². The van der Waals surface area contributed by atoms with E-state index < -0.39 is 0 Å². The van der Waals surface area contributed by atoms with Crippen molar-refractivity contribution in [3.05, 3.63) is 0 Å². The predicted octanol–water partition coefficient (Wildman–Crippen LogP) is 3.57. The van der Waals surface area contributed by atoms with Gasteiger partial charge in [0.2, 0.25) is 0 Å². The normalized spacial score (nSPS) is 20.7. The largest absolute Gasteiger partial charge is 0.377 e. The first-order valence-electron chi connectivity index (χ1n) is 8.79. The van der Waals surface area contributed by atoms with Crippen LogP contribution in [0.25, 0.3) is 0 Å². The molecule has 0 amide bonds. The van der Waals surface area contributed by atoms with E-state index in [1.807, 2.05) is 0 Å². The molecule has 1 heterocycles. The Kier molecular flexibility index (Phi) is 10.3. The van der Waals surface area contributed by atoms with E-state index in [0.29, 0.717) is 12.1 Å². The maximum atomic E-state index is 5.95. The number of hydrogen-bond acceptors (Lipinski definition) is 3. The molecule has 2 atom stereocenters. The van der Waals surface area contributed by atoms with Gasteiger partial charge in [-0.1, -0.05) is 51.9 Å². The molecule has 0 aromatic carbocycles. The number of hydrogen-bond donors (Lipinski definition) is 1. The van der Waals surface area contributed by atoms with Crippen LogP contribution >= 0.6 is 0 Å². The third-order valence-electron chi connectivity index (χ3n) is 4.55. The van der Waals surface area contributed by atoms with E-state index in [9.17, 15) is 0 Å². The Morgan fingerprint density at radius 2 is 1.85 bits per heavy atom. The SMILES string of the molecule is CCCCCCCCCC(CN)N(C)CC1CCCO1. The van der Waals surface area contributed by atoms with Gasteiger partial charge in [-0.2, -0.15) is 0 Å². The van der Waals surface area contributed by atoms with Crippen LogP contribution in [0.3, 0.4) is 0 Å². The lowest BCUT2D eigenvalue weighted by Crippen LogP contribution is -2.41. The van der Waals surface area contributed by atoms with E-state index in [2.05, 4.69) is 18.9 Å². The first kappa shape index (κ1) is 17.9. The monoisotopic (exact) mass is 284 g/mol. The maximum Gasteiger partial charge on any atom is 0.0702 e. The van der Waals surface area contributed by atoms with Gasteiger partial charge in [-0.25, -0.2) is 0 Å². The van der Waals surface area contributed by atoms with Gasteiger partial charge in [-0.15, -0.1) is 0 Å². The Hall–Kier alpha value is -0.120. The molecule has 0 aromatic rings. The molecular weight excluding hydrogens is 248 g/mol. The lowest BCUT2D eigenvalue weighted by Gasteiger charge is -2.29. The molecule has 0 saturated carbocycles. The molecule has 120 valence electrons. The van der Waals surface area contributed by atoms with E-state index in [4.69, 9.17) is 10.5 Å². The summed E-state index contributed by atoms with van der Waals surface area (Å²) in [6.07, 6.45) is 13.8. The van der Waals surface area contributed by atoms with Gasteiger partial charge in [0.05, 0.1) is 6.10 Å². The summed E-state index contributed by atoms with van der Waals surface area (Å²) in [7, 11) is 2.21. The summed E-state index contributed by atoms with van der Waals surface area (Å²) in [4.78, 5) is 2.42. The number of ether oxygens (including phenoxy) is 1. The van der Waals surface area contributed by atoms with Crippen LogP contribution < -0.4 is 5.73 Å². The van der Waals surface area contributed by atoms with Crippen LogP contribution in [0.2, 0.25) is 0 Å². The molecule has 0 radical (unpaired) electrons. The van der Waals surface area contributed by atoms with Crippen LogP contribution in [0, 0.1) is 0 Å². The molecule has 1 rings (SSSR count). The van der Waals surface area contributed by atoms with Gasteiger partial charge in [-0.3, -0.25) is 4.90 Å². The highest BCUT2D eigenvalue weighted by Gasteiger charge is 2.21. The number of unbranched alkanes of at least 4 members (excludes halogenated alkanes) is 6. The second kappa shape index (κ2) is 11.5. The van der Waals surface area contributed by atoms with Crippen molar-refractivity contribution in [2.45, 2.75) is 83.3 Å². The van der Waals surface area contributed by atoms with E-state index >= 15 is 0 Å². The van der Waals surface area contributed by atoms with Crippen LogP contribution in [0.5, 0.6) is 0 Å². The van der Waals surface area contributed by atoms with Crippen LogP contribution in [-0.2, 0) is 4.74 Å². The molecule has 1 aliphatic rings. The first-order valence-corrected chi connectivity index (χ1v) is 8.79. The van der Waals surface area contributed by atoms with Gasteiger partial charge in [0, 0.05) is 25.7 Å². The molecule has 0 aromatic heterocycles. The summed E-state index contributed by atoms with van der Waals surface area (Å²) in [5.74, 6) is 0. The van der Waals surface area contributed by atoms with Gasteiger partial charge >= 0.3 is 0 Å². The van der Waals surface area contributed by atoms with E-state index in [0.717, 1.165) is 19.7 Å². The van der Waals surface area contributed by atoms with Gasteiger partial charge in [0.15, 0.2) is 0 Å². The van der Waals surface area contributed by atoms with Crippen molar-refractivity contribution in [2.24, 2.45) is 5.73 Å². The summed E-state index contributed by atoms with van der Waals surface area (Å²) >= 11 is 0. The Bertz CT molecular complexity index is 217. The maximum absolute atomic E-state index is 5.95. The summed E-state index contributed by atoms with van der Waals surface area (Å²) in [6, 6.07) is 0.537. The molecule has 1 fully saturated rings. The first-order chi connectivity index (χ1) is 9.77. The van der Waals surface area contributed by atoms with Crippen LogP contribution in [0.15, 0.2) is 0 Å². The quantitative estimate of drug-likeness (QED) is 0.557. The molecular formula is C17H36N2O. The van der Waals surface area contributed by atoms with Crippen LogP contribution in [-0.4, -0.2) is 43.8 Å². The highest BCUT2D eigenvalue weighted by molar-refractivity contribution is 4.75. The van der Waals surface area contributed by atoms with Crippen molar-refractivity contribution in [3.63, 3.8) is 0 Å². The Balaban J connectivity index is 2.05. The van der Waals surface area contributed by atoms with Gasteiger partial charge in [-0.05, 0) is 26.3 Å². The van der Waals surface area contributed by atoms with E-state index in [-0.39, 0.29) is 0 Å². The second-order valence-corrected chi connectivity index (χ2v) is 6.37. The minimum Gasteiger partial charge on any atom is -0.377 e. The fourth-order valence-corrected chi connectivity index (χ4v) is 3.11. The zero-order chi connectivity index (χ0) is 14.6. The summed E-state index contributed by atoms with van der Waals surface area (Å²) in [5.41, 5.74) is 5.95. The average molecular weight is 284 g/mol. The van der Waals surface area contributed by atoms with E-state index in [1.165, 1.54) is 64.2 Å². The zero-order valence-electron chi connectivity index (χ0n) is 13.8. The van der Waals surface area contributed by atoms with Crippen molar-refractivity contribution in [1.82, 2.24) is 4.90 Å². The number of rotatable bonds is 12. The van der Waals surface area contributed by atoms with Crippen LogP contribution in [0.4, 0.5) is 0 Å². The smallest absolute Gasteiger partial charge is 0.0702 e. The second-order valence-electron chi connectivity index (χ2n) is 6.37. The summed E-state index contributed by atoms with van der Waals surface area (Å²) in [6.45, 7) is 5.05. The van der Waals surface area contributed by atoms with Gasteiger partial charge in [0.1, 0.15) is 0 Å². The van der Waals surface area contributed by atoms with Gasteiger partial charge in [0.25, 0.3) is 0 Å². The molecule has 1 aliphatic heterocycles. The molecule has 0 spiro atoms. The molecule has 0 bridgehead atoms. The average Bonchev–Trinajstić information content (AvgIpc) is 2.94. The number of nitrogens with zero attached hydrogens (tertiary/aromatic N) is 1. The summed E-state index contributed by atoms with van der Waals surface area (Å²) < 4.78 is 5.72. The van der Waals surface area contributed by atoms with Crippen molar-refractivity contribution in [3.8, 4) is 0 Å². The molecule has 3 nitrogen and oxygen atoms in total. The fourth-order valence-electron chi connectivity index (χ4n) is 3.11. The molecule has 2 unspecified atom stereocenters. The third kappa shape index (κ3) is 7.61. The molecule has 3 heteroatoms. The summed E-state index contributed by atoms with van der Waals surface area (Å²) in [5, 5.41) is 0. The Labute approximate surface area is 126 Å². The topological polar surface area (TPSA) is 38.5 Å². The molecule has 1 saturated heterocycles. The Morgan fingerprint density at radius 3 is 2.45 bits per heavy atom. The fraction of sp³-hybridized carbons (Fsp3) is 1.00. The third-order valence-corrected chi connectivity index (χ3v) is 4.55. The van der Waals surface area contributed by atoms with E-state index in [1.54, 1.807) is 0 Å². The Morgan fingerprint density at radius 1 is 1.15 bits per heavy atom. The predicted molar refractivity (Wildman–Crippen MR) is 87.1 cm³/mol. The lowest BCUT2D eigenvalue weighted by atomic mass is 10.0. The lowest BCUT2D eigenvalue weighted by molar-refractivity contribution is 0.0672. The highest BCUT2D eigenvalue weighted by atomic mass is 16.5. The molecule has 0 aliphatic carbocycles.